The van der Waals surface area contributed by atoms with Crippen molar-refractivity contribution in [2.75, 3.05) is 32.9 Å². The predicted octanol–water partition coefficient (Wildman–Crippen LogP) is 0.115. The minimum atomic E-state index is -0.691. The average Bonchev–Trinajstić information content (AvgIpc) is 3.14. The largest absolute Gasteiger partial charge is 0.481 e. The minimum Gasteiger partial charge on any atom is -0.481 e. The second-order valence-corrected chi connectivity index (χ2v) is 5.72. The van der Waals surface area contributed by atoms with E-state index in [2.05, 4.69) is 0 Å². The van der Waals surface area contributed by atoms with Crippen molar-refractivity contribution in [2.45, 2.75) is 25.4 Å². The van der Waals surface area contributed by atoms with Crippen LogP contribution in [0.25, 0.3) is 0 Å². The fourth-order valence-electron chi connectivity index (χ4n) is 3.26. The Kier molecular flexibility index (Phi) is 3.22. The summed E-state index contributed by atoms with van der Waals surface area (Å²) in [6, 6.07) is 0. The Morgan fingerprint density at radius 1 is 1.21 bits per heavy atom. The topological polar surface area (TPSA) is 76.1 Å². The van der Waals surface area contributed by atoms with E-state index >= 15 is 0 Å². The average molecular weight is 269 g/mol. The van der Waals surface area contributed by atoms with Crippen molar-refractivity contribution in [1.82, 2.24) is 4.90 Å². The Morgan fingerprint density at radius 3 is 2.47 bits per heavy atom. The Hall–Kier alpha value is -1.14. The summed E-state index contributed by atoms with van der Waals surface area (Å²) in [7, 11) is 0. The molecule has 2 heterocycles. The molecule has 1 spiro atoms. The van der Waals surface area contributed by atoms with E-state index in [0.29, 0.717) is 32.9 Å². The van der Waals surface area contributed by atoms with Crippen LogP contribution in [0.3, 0.4) is 0 Å². The van der Waals surface area contributed by atoms with Crippen LogP contribution in [0, 0.1) is 11.3 Å². The molecule has 0 aromatic heterocycles. The number of carbonyl (C=O) groups excluding carboxylic acids is 1. The van der Waals surface area contributed by atoms with Crippen LogP contribution >= 0.6 is 0 Å². The van der Waals surface area contributed by atoms with Gasteiger partial charge in [0.05, 0.1) is 25.7 Å². The lowest BCUT2D eigenvalue weighted by Crippen LogP contribution is -2.48. The number of nitrogens with zero attached hydrogens (tertiary/aromatic N) is 1. The van der Waals surface area contributed by atoms with Crippen LogP contribution in [-0.4, -0.2) is 60.9 Å². The highest BCUT2D eigenvalue weighted by Crippen LogP contribution is 2.59. The molecule has 6 nitrogen and oxygen atoms in total. The molecule has 2 aliphatic heterocycles. The molecule has 1 N–H and O–H groups in total. The molecular formula is C13H19NO5. The molecule has 3 aliphatic rings. The maximum atomic E-state index is 12.2. The van der Waals surface area contributed by atoms with Gasteiger partial charge in [-0.1, -0.05) is 0 Å². The Bertz CT molecular complexity index is 382. The molecule has 1 aliphatic carbocycles. The standard InChI is InChI=1S/C13H19NO5/c15-11(10-8-18-5-6-19-10)14-3-1-13(2-4-14)7-9(13)12(16)17/h9-10H,1-8H2,(H,16,17). The van der Waals surface area contributed by atoms with E-state index in [9.17, 15) is 9.59 Å². The highest BCUT2D eigenvalue weighted by Gasteiger charge is 2.59. The van der Waals surface area contributed by atoms with Gasteiger partial charge in [0, 0.05) is 13.1 Å². The number of piperidine rings is 1. The molecule has 19 heavy (non-hydrogen) atoms. The van der Waals surface area contributed by atoms with Crippen LogP contribution < -0.4 is 0 Å². The normalized spacial score (nSPS) is 33.2. The van der Waals surface area contributed by atoms with Crippen molar-refractivity contribution >= 4 is 11.9 Å². The molecule has 0 bridgehead atoms. The summed E-state index contributed by atoms with van der Waals surface area (Å²) in [6.45, 7) is 2.63. The van der Waals surface area contributed by atoms with Crippen molar-refractivity contribution in [3.8, 4) is 0 Å². The van der Waals surface area contributed by atoms with Gasteiger partial charge in [0.15, 0.2) is 6.10 Å². The fourth-order valence-corrected chi connectivity index (χ4v) is 3.26. The number of hydrogen-bond donors (Lipinski definition) is 1. The molecule has 1 saturated carbocycles. The van der Waals surface area contributed by atoms with Crippen molar-refractivity contribution in [3.05, 3.63) is 0 Å². The van der Waals surface area contributed by atoms with Crippen molar-refractivity contribution in [1.29, 1.82) is 0 Å². The highest BCUT2D eigenvalue weighted by molar-refractivity contribution is 5.81. The van der Waals surface area contributed by atoms with Gasteiger partial charge in [0.25, 0.3) is 5.91 Å². The number of likely N-dealkylation sites (tertiary alicyclic amines) is 1. The zero-order valence-corrected chi connectivity index (χ0v) is 10.8. The molecule has 0 aromatic rings. The van der Waals surface area contributed by atoms with Gasteiger partial charge in [-0.25, -0.2) is 0 Å². The number of ether oxygens (including phenoxy) is 2. The van der Waals surface area contributed by atoms with E-state index in [4.69, 9.17) is 14.6 Å². The molecule has 6 heteroatoms. The fraction of sp³-hybridized carbons (Fsp3) is 0.846. The molecule has 0 radical (unpaired) electrons. The number of amides is 1. The van der Waals surface area contributed by atoms with Crippen LogP contribution in [-0.2, 0) is 19.1 Å². The number of hydrogen-bond acceptors (Lipinski definition) is 4. The van der Waals surface area contributed by atoms with Gasteiger partial charge in [-0.15, -0.1) is 0 Å². The third-order valence-corrected chi connectivity index (χ3v) is 4.65. The first-order chi connectivity index (χ1) is 9.12. The van der Waals surface area contributed by atoms with Crippen LogP contribution in [0.4, 0.5) is 0 Å². The SMILES string of the molecule is O=C(O)C1CC12CCN(C(=O)C1COCCO1)CC2. The number of carboxylic acids is 1. The summed E-state index contributed by atoms with van der Waals surface area (Å²) in [5.41, 5.74) is -0.0352. The van der Waals surface area contributed by atoms with Crippen LogP contribution in [0.2, 0.25) is 0 Å². The summed E-state index contributed by atoms with van der Waals surface area (Å²) in [5, 5.41) is 9.03. The van der Waals surface area contributed by atoms with E-state index < -0.39 is 12.1 Å². The van der Waals surface area contributed by atoms with Gasteiger partial charge in [-0.3, -0.25) is 9.59 Å². The van der Waals surface area contributed by atoms with E-state index in [-0.39, 0.29) is 17.2 Å². The van der Waals surface area contributed by atoms with Gasteiger partial charge in [-0.05, 0) is 24.7 Å². The molecule has 2 atom stereocenters. The smallest absolute Gasteiger partial charge is 0.307 e. The molecule has 3 fully saturated rings. The Morgan fingerprint density at radius 2 is 1.95 bits per heavy atom. The van der Waals surface area contributed by atoms with Crippen molar-refractivity contribution in [2.24, 2.45) is 11.3 Å². The molecule has 0 aromatic carbocycles. The molecule has 2 unspecified atom stereocenters. The summed E-state index contributed by atoms with van der Waals surface area (Å²) >= 11 is 0. The molecule has 106 valence electrons. The lowest BCUT2D eigenvalue weighted by atomic mass is 9.90. The summed E-state index contributed by atoms with van der Waals surface area (Å²) in [4.78, 5) is 25.0. The maximum Gasteiger partial charge on any atom is 0.307 e. The van der Waals surface area contributed by atoms with Gasteiger partial charge < -0.3 is 19.5 Å². The summed E-state index contributed by atoms with van der Waals surface area (Å²) in [5.74, 6) is -0.898. The van der Waals surface area contributed by atoms with Gasteiger partial charge >= 0.3 is 5.97 Å². The first-order valence-corrected chi connectivity index (χ1v) is 6.83. The third kappa shape index (κ3) is 2.34. The Labute approximate surface area is 111 Å². The first-order valence-electron chi connectivity index (χ1n) is 6.83. The lowest BCUT2D eigenvalue weighted by molar-refractivity contribution is -0.159. The number of rotatable bonds is 2. The van der Waals surface area contributed by atoms with E-state index in [1.807, 2.05) is 0 Å². The number of aliphatic carboxylic acids is 1. The molecule has 2 saturated heterocycles. The second kappa shape index (κ2) is 4.76. The second-order valence-electron chi connectivity index (χ2n) is 5.72. The summed E-state index contributed by atoms with van der Waals surface area (Å²) < 4.78 is 10.7. The van der Waals surface area contributed by atoms with Crippen LogP contribution in [0.5, 0.6) is 0 Å². The summed E-state index contributed by atoms with van der Waals surface area (Å²) in [6.07, 6.45) is 1.89. The quantitative estimate of drug-likeness (QED) is 0.770. The zero-order valence-electron chi connectivity index (χ0n) is 10.8. The Balaban J connectivity index is 1.53. The lowest BCUT2D eigenvalue weighted by Gasteiger charge is -2.35. The van der Waals surface area contributed by atoms with Gasteiger partial charge in [0.1, 0.15) is 0 Å². The first kappa shape index (κ1) is 12.9. The van der Waals surface area contributed by atoms with Crippen molar-refractivity contribution in [3.63, 3.8) is 0 Å². The van der Waals surface area contributed by atoms with Crippen LogP contribution in [0.1, 0.15) is 19.3 Å². The zero-order chi connectivity index (χ0) is 13.5. The minimum absolute atomic E-state index is 0.0120. The van der Waals surface area contributed by atoms with Gasteiger partial charge in [-0.2, -0.15) is 0 Å². The maximum absolute atomic E-state index is 12.2. The van der Waals surface area contributed by atoms with Crippen LogP contribution in [0.15, 0.2) is 0 Å². The molecular weight excluding hydrogens is 250 g/mol. The third-order valence-electron chi connectivity index (χ3n) is 4.65. The van der Waals surface area contributed by atoms with E-state index in [0.717, 1.165) is 19.3 Å². The highest BCUT2D eigenvalue weighted by atomic mass is 16.6. The molecule has 3 rings (SSSR count). The number of carboxylic acid groups (broad SMARTS) is 1. The predicted molar refractivity (Wildman–Crippen MR) is 64.5 cm³/mol. The monoisotopic (exact) mass is 269 g/mol. The number of carbonyl (C=O) groups is 2. The van der Waals surface area contributed by atoms with Gasteiger partial charge in [0.2, 0.25) is 0 Å². The van der Waals surface area contributed by atoms with E-state index in [1.54, 1.807) is 4.90 Å². The molecule has 1 amide bonds. The van der Waals surface area contributed by atoms with Crippen molar-refractivity contribution < 1.29 is 24.2 Å². The van der Waals surface area contributed by atoms with E-state index in [1.165, 1.54) is 0 Å².